The van der Waals surface area contributed by atoms with Gasteiger partial charge in [0.05, 0.1) is 8.32 Å². The van der Waals surface area contributed by atoms with Gasteiger partial charge in [-0.15, -0.1) is 0 Å². The molecular weight excluding hydrogens is 827 g/mol. The first kappa shape index (κ1) is 45.2. The second-order valence-electron chi connectivity index (χ2n) is 11.1. The Morgan fingerprint density at radius 3 is 0.672 bits per heavy atom. The van der Waals surface area contributed by atoms with E-state index in [4.69, 9.17) is 0 Å². The molecule has 0 bridgehead atoms. The molecule has 6 aromatic rings. The molecule has 58 heavy (non-hydrogen) atoms. The predicted molar refractivity (Wildman–Crippen MR) is 170 cm³/mol. The van der Waals surface area contributed by atoms with E-state index < -0.39 is 120 Å². The molecule has 0 aliphatic heterocycles. The summed E-state index contributed by atoms with van der Waals surface area (Å²) in [6.45, 7) is 0. The van der Waals surface area contributed by atoms with Crippen LogP contribution in [0.15, 0.2) is 91.0 Å². The van der Waals surface area contributed by atoms with Gasteiger partial charge in [-0.3, -0.25) is 0 Å². The summed E-state index contributed by atoms with van der Waals surface area (Å²) in [5, 5.41) is 2.70. The van der Waals surface area contributed by atoms with Crippen LogP contribution in [0, 0.1) is 87.3 Å². The Morgan fingerprint density at radius 1 is 0.310 bits per heavy atom. The summed E-state index contributed by atoms with van der Waals surface area (Å²) in [4.78, 5) is 13.8. The Bertz CT molecular complexity index is 2090. The minimum Gasteiger partial charge on any atom is -0.848 e. The first-order valence-corrected chi connectivity index (χ1v) is 17.2. The van der Waals surface area contributed by atoms with Gasteiger partial charge >= 0.3 is 26.2 Å². The molecular formula is C36H15BF15LiO4Si. The number of benzene rings is 6. The molecule has 0 N–H and O–H groups in total. The fourth-order valence-electron chi connectivity index (χ4n) is 4.94. The van der Waals surface area contributed by atoms with Crippen LogP contribution in [0.25, 0.3) is 0 Å². The van der Waals surface area contributed by atoms with Gasteiger partial charge in [0.15, 0.2) is 17.2 Å². The number of rotatable bonds is 9. The van der Waals surface area contributed by atoms with E-state index in [-0.39, 0.29) is 18.9 Å². The molecule has 296 valence electrons. The molecule has 0 heterocycles. The van der Waals surface area contributed by atoms with Crippen LogP contribution in [-0.4, -0.2) is 15.6 Å². The van der Waals surface area contributed by atoms with Crippen molar-refractivity contribution in [2.45, 2.75) is 0 Å². The van der Waals surface area contributed by atoms with Gasteiger partial charge in [0, 0.05) is 0 Å². The fourth-order valence-corrected chi connectivity index (χ4v) is 7.93. The molecule has 0 amide bonds. The van der Waals surface area contributed by atoms with Crippen LogP contribution in [0.3, 0.4) is 0 Å². The van der Waals surface area contributed by atoms with Crippen molar-refractivity contribution >= 4 is 31.2 Å². The topological polar surface area (TPSA) is 50.8 Å². The van der Waals surface area contributed by atoms with Crippen LogP contribution < -0.4 is 53.2 Å². The summed E-state index contributed by atoms with van der Waals surface area (Å²) in [5.74, 6) is -50.0. The first-order chi connectivity index (χ1) is 26.9. The third-order valence-corrected chi connectivity index (χ3v) is 11.1. The predicted octanol–water partition coefficient (Wildman–Crippen LogP) is 4.31. The van der Waals surface area contributed by atoms with Gasteiger partial charge < -0.3 is 18.8 Å². The number of hydrogen-bond acceptors (Lipinski definition) is 4. The first-order valence-electron chi connectivity index (χ1n) is 15.3. The maximum atomic E-state index is 13.9. The fraction of sp³-hybridized carbons (Fsp3) is 0. The third-order valence-electron chi connectivity index (χ3n) is 7.69. The molecule has 22 heteroatoms. The second kappa shape index (κ2) is 18.4. The minimum absolute atomic E-state index is 0. The maximum absolute atomic E-state index is 13.9. The number of halogens is 15. The van der Waals surface area contributed by atoms with E-state index in [0.29, 0.717) is 0 Å². The van der Waals surface area contributed by atoms with E-state index in [1.54, 1.807) is 0 Å². The molecule has 0 aromatic heterocycles. The monoisotopic (exact) mass is 842 g/mol. The Hall–Kier alpha value is -5.49. The standard InChI is InChI=1S/C18BF15O3.C18H15OSi.Li/c20-1-4(23)10(29)16(11(30)5(1)24)35-19(36-17-12(31)6(25)2(21)7(26)13(17)32)37-18-14(33)8(27)3(22)9(28)15(18)34;19-20(16-10-4-1-5-11-16,17-12-6-2-7-13-17)18-14-8-3-9-15-18;/h;1-15H;/q;-1;+1. The van der Waals surface area contributed by atoms with E-state index in [9.17, 15) is 70.7 Å². The molecule has 0 saturated carbocycles. The molecule has 6 aromatic carbocycles. The summed E-state index contributed by atoms with van der Waals surface area (Å²) in [7, 11) is -6.88. The van der Waals surface area contributed by atoms with Crippen LogP contribution in [0.1, 0.15) is 0 Å². The second-order valence-corrected chi connectivity index (χ2v) is 14.2. The molecule has 0 saturated heterocycles. The maximum Gasteiger partial charge on any atom is 1.00 e. The van der Waals surface area contributed by atoms with Gasteiger partial charge in [0.2, 0.25) is 87.3 Å². The third kappa shape index (κ3) is 8.53. The van der Waals surface area contributed by atoms with Gasteiger partial charge in [0.1, 0.15) is 0 Å². The van der Waals surface area contributed by atoms with Gasteiger partial charge in [-0.1, -0.05) is 107 Å². The average Bonchev–Trinajstić information content (AvgIpc) is 3.24. The molecule has 0 aliphatic rings. The Balaban J connectivity index is 0.000000297. The molecule has 0 spiro atoms. The van der Waals surface area contributed by atoms with E-state index in [1.165, 1.54) is 0 Å². The largest absolute Gasteiger partial charge is 1.00 e. The van der Waals surface area contributed by atoms with Crippen LogP contribution in [0.2, 0.25) is 0 Å². The summed E-state index contributed by atoms with van der Waals surface area (Å²) in [6, 6.07) is 29.3. The molecule has 0 atom stereocenters. The van der Waals surface area contributed by atoms with Gasteiger partial charge in [-0.2, -0.15) is 26.3 Å². The zero-order chi connectivity index (χ0) is 41.9. The Kier molecular flexibility index (Phi) is 14.3. The number of hydrogen-bond donors (Lipinski definition) is 0. The normalized spacial score (nSPS) is 11.0. The van der Waals surface area contributed by atoms with Crippen molar-refractivity contribution in [1.82, 2.24) is 0 Å². The smallest absolute Gasteiger partial charge is 0.848 e. The Morgan fingerprint density at radius 2 is 0.483 bits per heavy atom. The van der Waals surface area contributed by atoms with Gasteiger partial charge in [-0.25, -0.2) is 39.5 Å². The van der Waals surface area contributed by atoms with Crippen LogP contribution in [-0.2, 0) is 0 Å². The quantitative estimate of drug-likeness (QED) is 0.0717. The molecule has 0 unspecified atom stereocenters. The summed E-state index contributed by atoms with van der Waals surface area (Å²) >= 11 is 0. The molecule has 0 aliphatic carbocycles. The van der Waals surface area contributed by atoms with Crippen molar-refractivity contribution < 1.29 is 103 Å². The van der Waals surface area contributed by atoms with Crippen molar-refractivity contribution in [1.29, 1.82) is 0 Å². The zero-order valence-electron chi connectivity index (χ0n) is 28.5. The minimum atomic E-state index is -3.75. The van der Waals surface area contributed by atoms with Crippen molar-refractivity contribution in [3.05, 3.63) is 178 Å². The van der Waals surface area contributed by atoms with E-state index in [1.807, 2.05) is 91.0 Å². The van der Waals surface area contributed by atoms with Crippen molar-refractivity contribution in [3.8, 4) is 17.2 Å². The van der Waals surface area contributed by atoms with Gasteiger partial charge in [-0.05, 0) is 0 Å². The SMILES string of the molecule is Fc1c(F)c(F)c(OB(Oc2c(F)c(F)c(F)c(F)c2F)Oc2c(F)c(F)c(F)c(F)c2F)c(F)c1F.[Li+].[O-][Si](c1ccccc1)(c1ccccc1)c1ccccc1. The van der Waals surface area contributed by atoms with Gasteiger partial charge in [0.25, 0.3) is 0 Å². The zero-order valence-corrected chi connectivity index (χ0v) is 29.5. The van der Waals surface area contributed by atoms with Crippen LogP contribution in [0.5, 0.6) is 17.2 Å². The Labute approximate surface area is 329 Å². The molecule has 6 rings (SSSR count). The van der Waals surface area contributed by atoms with Crippen molar-refractivity contribution in [2.75, 3.05) is 0 Å². The van der Waals surface area contributed by atoms with E-state index in [2.05, 4.69) is 14.0 Å². The van der Waals surface area contributed by atoms with Crippen molar-refractivity contribution in [3.63, 3.8) is 0 Å². The average molecular weight is 842 g/mol. The van der Waals surface area contributed by atoms with Crippen LogP contribution in [0.4, 0.5) is 65.9 Å². The summed E-state index contributed by atoms with van der Waals surface area (Å²) in [6.07, 6.45) is 0. The summed E-state index contributed by atoms with van der Waals surface area (Å²) in [5.41, 5.74) is 0. The van der Waals surface area contributed by atoms with Crippen LogP contribution >= 0.6 is 0 Å². The molecule has 0 fully saturated rings. The van der Waals surface area contributed by atoms with E-state index >= 15 is 0 Å². The molecule has 4 nitrogen and oxygen atoms in total. The van der Waals surface area contributed by atoms with E-state index in [0.717, 1.165) is 15.6 Å². The summed E-state index contributed by atoms with van der Waals surface area (Å²) < 4.78 is 216. The van der Waals surface area contributed by atoms with Crippen molar-refractivity contribution in [2.24, 2.45) is 0 Å². The molecule has 0 radical (unpaired) electrons.